The highest BCUT2D eigenvalue weighted by Gasteiger charge is 2.31. The lowest BCUT2D eigenvalue weighted by Gasteiger charge is -2.35. The molecule has 40 heavy (non-hydrogen) atoms. The molecule has 3 aromatic rings. The molecule has 1 unspecified atom stereocenters. The number of benzene rings is 2. The van der Waals surface area contributed by atoms with Gasteiger partial charge in [0.2, 0.25) is 5.91 Å². The van der Waals surface area contributed by atoms with Crippen LogP contribution in [-0.2, 0) is 33.6 Å². The van der Waals surface area contributed by atoms with E-state index in [0.29, 0.717) is 17.0 Å². The summed E-state index contributed by atoms with van der Waals surface area (Å²) < 4.78 is 66.3. The van der Waals surface area contributed by atoms with E-state index in [1.807, 2.05) is 0 Å². The third-order valence-electron chi connectivity index (χ3n) is 6.50. The molecule has 0 spiro atoms. The molecule has 1 aromatic heterocycles. The van der Waals surface area contributed by atoms with E-state index in [1.165, 1.54) is 27.9 Å². The average Bonchev–Trinajstić information content (AvgIpc) is 3.30. The van der Waals surface area contributed by atoms with E-state index in [4.69, 9.17) is 5.14 Å². The lowest BCUT2D eigenvalue weighted by Crippen LogP contribution is -2.50. The first-order chi connectivity index (χ1) is 18.7. The Kier molecular flexibility index (Phi) is 8.25. The molecule has 0 saturated carbocycles. The van der Waals surface area contributed by atoms with Gasteiger partial charge in [0.25, 0.3) is 5.91 Å². The van der Waals surface area contributed by atoms with Gasteiger partial charge in [0.05, 0.1) is 27.4 Å². The van der Waals surface area contributed by atoms with Gasteiger partial charge in [-0.2, -0.15) is 18.0 Å². The quantitative estimate of drug-likeness (QED) is 0.336. The fourth-order valence-corrected chi connectivity index (χ4v) is 4.95. The summed E-state index contributed by atoms with van der Waals surface area (Å²) in [7, 11) is -3.13. The molecular weight excluding hydrogens is 554 g/mol. The minimum Gasteiger partial charge on any atom is -0.339 e. The predicted molar refractivity (Wildman–Crippen MR) is 138 cm³/mol. The van der Waals surface area contributed by atoms with Crippen LogP contribution in [0.5, 0.6) is 0 Å². The molecule has 0 bridgehead atoms. The van der Waals surface area contributed by atoms with Crippen LogP contribution in [0, 0.1) is 12.7 Å². The van der Waals surface area contributed by atoms with Crippen LogP contribution in [-0.4, -0.2) is 78.1 Å². The van der Waals surface area contributed by atoms with Crippen molar-refractivity contribution in [2.24, 2.45) is 5.14 Å². The minimum absolute atomic E-state index is 0.0131. The minimum atomic E-state index is -4.53. The molecule has 15 heteroatoms. The van der Waals surface area contributed by atoms with Gasteiger partial charge in [-0.05, 0) is 65.9 Å². The Morgan fingerprint density at radius 2 is 1.73 bits per heavy atom. The number of piperazine rings is 1. The van der Waals surface area contributed by atoms with E-state index in [0.717, 1.165) is 18.2 Å². The molecule has 214 valence electrons. The summed E-state index contributed by atoms with van der Waals surface area (Å²) in [6, 6.07) is 6.78. The summed E-state index contributed by atoms with van der Waals surface area (Å²) in [6.45, 7) is 2.32. The molecule has 1 aliphatic heterocycles. The highest BCUT2D eigenvalue weighted by molar-refractivity contribution is 7.98. The molecule has 4 rings (SSSR count). The number of amides is 2. The first kappa shape index (κ1) is 29.1. The Bertz CT molecular complexity index is 1530. The number of hydrogen-bond donors (Lipinski definition) is 1. The summed E-state index contributed by atoms with van der Waals surface area (Å²) in [4.78, 5) is 29.9. The highest BCUT2D eigenvalue weighted by Crippen LogP contribution is 2.31. The lowest BCUT2D eigenvalue weighted by molar-refractivity contribution is -0.137. The Morgan fingerprint density at radius 3 is 2.30 bits per heavy atom. The third kappa shape index (κ3) is 6.83. The zero-order chi connectivity index (χ0) is 29.2. The molecule has 1 saturated heterocycles. The van der Waals surface area contributed by atoms with Crippen LogP contribution in [0.25, 0.3) is 0 Å². The number of nitrogens with zero attached hydrogens (tertiary/aromatic N) is 6. The standard InChI is InChI=1S/C25H27F4N7O3S/c1-16-31-33-36(32-16)15-18-13-19(25(27,28)29)5-3-17(18)4-8-23(37)34-9-11-35(12-10-34)24(38)21-7-6-20(14-22(21)26)40(2,30)39/h3,5-7,13-14H,2,4,8-12,15H2,1H3,(H2,30,39). The van der Waals surface area contributed by atoms with Gasteiger partial charge in [-0.3, -0.25) is 14.7 Å². The fraction of sp³-hybridized carbons (Fsp3) is 0.360. The van der Waals surface area contributed by atoms with Crippen LogP contribution in [0.15, 0.2) is 41.3 Å². The Hall–Kier alpha value is -3.85. The monoisotopic (exact) mass is 581 g/mol. The molecule has 1 fully saturated rings. The summed E-state index contributed by atoms with van der Waals surface area (Å²) in [5.41, 5.74) is -0.149. The summed E-state index contributed by atoms with van der Waals surface area (Å²) in [5.74, 6) is 2.00. The van der Waals surface area contributed by atoms with Crippen LogP contribution >= 0.6 is 0 Å². The number of hydrogen-bond acceptors (Lipinski definition) is 6. The maximum atomic E-state index is 14.5. The SMILES string of the molecule is C=S(N)(=O)c1ccc(C(=O)N2CCN(C(=O)CCc3ccc(C(F)(F)F)cc3Cn3nnc(C)n3)CC2)c(F)c1. The fourth-order valence-electron chi connectivity index (χ4n) is 4.35. The van der Waals surface area contributed by atoms with Crippen molar-refractivity contribution in [2.45, 2.75) is 37.4 Å². The van der Waals surface area contributed by atoms with Crippen LogP contribution in [0.2, 0.25) is 0 Å². The number of aryl methyl sites for hydroxylation is 2. The van der Waals surface area contributed by atoms with Crippen molar-refractivity contribution in [3.63, 3.8) is 0 Å². The zero-order valence-electron chi connectivity index (χ0n) is 21.5. The zero-order valence-corrected chi connectivity index (χ0v) is 22.3. The van der Waals surface area contributed by atoms with Gasteiger partial charge >= 0.3 is 6.18 Å². The van der Waals surface area contributed by atoms with E-state index in [1.54, 1.807) is 11.8 Å². The second-order valence-electron chi connectivity index (χ2n) is 9.39. The van der Waals surface area contributed by atoms with Crippen LogP contribution in [0.4, 0.5) is 17.6 Å². The molecule has 0 radical (unpaired) electrons. The van der Waals surface area contributed by atoms with Crippen molar-refractivity contribution in [1.82, 2.24) is 30.0 Å². The van der Waals surface area contributed by atoms with Crippen molar-refractivity contribution in [3.05, 3.63) is 70.3 Å². The molecule has 10 nitrogen and oxygen atoms in total. The van der Waals surface area contributed by atoms with Gasteiger partial charge < -0.3 is 9.80 Å². The van der Waals surface area contributed by atoms with E-state index in [2.05, 4.69) is 21.3 Å². The maximum Gasteiger partial charge on any atom is 0.416 e. The van der Waals surface area contributed by atoms with Crippen LogP contribution in [0.1, 0.15) is 39.3 Å². The Morgan fingerprint density at radius 1 is 1.05 bits per heavy atom. The second-order valence-corrected chi connectivity index (χ2v) is 11.3. The molecule has 2 heterocycles. The van der Waals surface area contributed by atoms with Crippen LogP contribution < -0.4 is 5.14 Å². The molecule has 2 N–H and O–H groups in total. The van der Waals surface area contributed by atoms with E-state index in [9.17, 15) is 31.4 Å². The van der Waals surface area contributed by atoms with Gasteiger partial charge in [-0.15, -0.1) is 10.2 Å². The Balaban J connectivity index is 1.38. The number of halogens is 4. The first-order valence-electron chi connectivity index (χ1n) is 12.2. The molecule has 0 aliphatic carbocycles. The number of carbonyl (C=O) groups excluding carboxylic acids is 2. The lowest BCUT2D eigenvalue weighted by atomic mass is 9.99. The van der Waals surface area contributed by atoms with Gasteiger partial charge in [0, 0.05) is 37.5 Å². The first-order valence-corrected chi connectivity index (χ1v) is 14.0. The van der Waals surface area contributed by atoms with Gasteiger partial charge in [0.1, 0.15) is 5.82 Å². The Labute approximate surface area is 227 Å². The number of rotatable bonds is 7. The predicted octanol–water partition coefficient (Wildman–Crippen LogP) is 2.05. The third-order valence-corrected chi connectivity index (χ3v) is 7.55. The van der Waals surface area contributed by atoms with Crippen molar-refractivity contribution >= 4 is 27.4 Å². The summed E-state index contributed by atoms with van der Waals surface area (Å²) in [5, 5.41) is 17.0. The largest absolute Gasteiger partial charge is 0.416 e. The summed E-state index contributed by atoms with van der Waals surface area (Å²) in [6.07, 6.45) is -4.31. The smallest absolute Gasteiger partial charge is 0.339 e. The van der Waals surface area contributed by atoms with Crippen molar-refractivity contribution in [1.29, 1.82) is 0 Å². The number of tetrazole rings is 1. The van der Waals surface area contributed by atoms with Crippen molar-refractivity contribution in [2.75, 3.05) is 26.2 Å². The molecular formula is C25H27F4N7O3S. The van der Waals surface area contributed by atoms with Gasteiger partial charge in [0.15, 0.2) is 5.82 Å². The van der Waals surface area contributed by atoms with Crippen molar-refractivity contribution in [3.8, 4) is 0 Å². The average molecular weight is 582 g/mol. The van der Waals surface area contributed by atoms with Gasteiger partial charge in [-0.1, -0.05) is 6.07 Å². The van der Waals surface area contributed by atoms with E-state index < -0.39 is 33.2 Å². The number of aromatic nitrogens is 4. The van der Waals surface area contributed by atoms with E-state index in [-0.39, 0.29) is 61.9 Å². The normalized spacial score (nSPS) is 15.7. The van der Waals surface area contributed by atoms with Crippen LogP contribution in [0.3, 0.4) is 0 Å². The summed E-state index contributed by atoms with van der Waals surface area (Å²) >= 11 is 0. The number of nitrogens with two attached hydrogens (primary N) is 1. The second kappa shape index (κ2) is 11.3. The van der Waals surface area contributed by atoms with E-state index >= 15 is 0 Å². The number of carbonyl (C=O) groups is 2. The maximum absolute atomic E-state index is 14.5. The molecule has 2 aromatic carbocycles. The highest BCUT2D eigenvalue weighted by atomic mass is 32.2. The molecule has 1 atom stereocenters. The molecule has 1 aliphatic rings. The van der Waals surface area contributed by atoms with Crippen molar-refractivity contribution < 1.29 is 31.4 Å². The topological polar surface area (TPSA) is 127 Å². The molecule has 2 amide bonds. The number of alkyl halides is 3. The van der Waals surface area contributed by atoms with Gasteiger partial charge in [-0.25, -0.2) is 8.60 Å².